The molecule has 37 heavy (non-hydrogen) atoms. The minimum absolute atomic E-state index is 0.1000. The maximum atomic E-state index is 12.5. The summed E-state index contributed by atoms with van der Waals surface area (Å²) < 4.78 is 0. The van der Waals surface area contributed by atoms with E-state index >= 15 is 0 Å². The Balaban J connectivity index is 0.000000260. The average Bonchev–Trinajstić information content (AvgIpc) is 2.83. The number of allylic oxidation sites excluding steroid dienone is 4. The van der Waals surface area contributed by atoms with Crippen molar-refractivity contribution in [3.8, 4) is 0 Å². The summed E-state index contributed by atoms with van der Waals surface area (Å²) in [7, 11) is 0. The van der Waals surface area contributed by atoms with Gasteiger partial charge in [0.1, 0.15) is 0 Å². The van der Waals surface area contributed by atoms with Gasteiger partial charge in [0.15, 0.2) is 5.78 Å². The van der Waals surface area contributed by atoms with Crippen molar-refractivity contribution in [3.63, 3.8) is 0 Å². The monoisotopic (exact) mass is 498 g/mol. The molecule has 0 aliphatic heterocycles. The van der Waals surface area contributed by atoms with E-state index in [2.05, 4.69) is 98.0 Å². The molecule has 0 amide bonds. The molecule has 0 N–H and O–H groups in total. The Bertz CT molecular complexity index is 1140. The lowest BCUT2D eigenvalue weighted by molar-refractivity contribution is -0.122. The zero-order valence-corrected chi connectivity index (χ0v) is 25.1. The van der Waals surface area contributed by atoms with Gasteiger partial charge in [-0.1, -0.05) is 128 Å². The maximum Gasteiger partial charge on any atom is 0.168 e. The molecule has 0 radical (unpaired) electrons. The molecule has 0 atom stereocenters. The molecular formula is C36H50O. The second kappa shape index (κ2) is 12.2. The number of rotatable bonds is 8. The number of carbonyl (C=O) groups is 1. The van der Waals surface area contributed by atoms with Crippen LogP contribution in [0.3, 0.4) is 0 Å². The van der Waals surface area contributed by atoms with E-state index in [1.165, 1.54) is 42.4 Å². The fraction of sp³-hybridized carbons (Fsp3) is 0.472. The molecule has 0 heterocycles. The zero-order chi connectivity index (χ0) is 28.0. The summed E-state index contributed by atoms with van der Waals surface area (Å²) in [4.78, 5) is 12.5. The number of ketones is 1. The van der Waals surface area contributed by atoms with Crippen molar-refractivity contribution in [2.45, 2.75) is 105 Å². The largest absolute Gasteiger partial charge is 0.294 e. The SMILES string of the molecule is C=C/C=C(\C=C)C(=O)C(C)(C)Cc1ccc(C)cc1.CCCc1cc2c(cc1C)C(C)(C)CCC2(C)C. The summed E-state index contributed by atoms with van der Waals surface area (Å²) in [5, 5.41) is 0. The number of hydrogen-bond acceptors (Lipinski definition) is 1. The summed E-state index contributed by atoms with van der Waals surface area (Å²) in [5.74, 6) is 0.1000. The van der Waals surface area contributed by atoms with Crippen LogP contribution in [0, 0.1) is 19.3 Å². The Kier molecular flexibility index (Phi) is 10.1. The Labute approximate surface area is 227 Å². The number of fused-ring (bicyclic) bond motifs is 1. The lowest BCUT2D eigenvalue weighted by Gasteiger charge is -2.42. The van der Waals surface area contributed by atoms with Gasteiger partial charge in [0.05, 0.1) is 0 Å². The van der Waals surface area contributed by atoms with Crippen LogP contribution in [0.1, 0.15) is 101 Å². The van der Waals surface area contributed by atoms with Crippen LogP contribution in [0.4, 0.5) is 0 Å². The third-order valence-electron chi connectivity index (χ3n) is 7.99. The van der Waals surface area contributed by atoms with E-state index in [9.17, 15) is 4.79 Å². The van der Waals surface area contributed by atoms with Crippen LogP contribution in [0.5, 0.6) is 0 Å². The molecule has 0 bridgehead atoms. The molecule has 2 aromatic carbocycles. The normalized spacial score (nSPS) is 16.2. The van der Waals surface area contributed by atoms with Crippen molar-refractivity contribution < 1.29 is 4.79 Å². The van der Waals surface area contributed by atoms with E-state index in [4.69, 9.17) is 0 Å². The van der Waals surface area contributed by atoms with Crippen LogP contribution in [0.15, 0.2) is 73.4 Å². The Morgan fingerprint density at radius 1 is 0.946 bits per heavy atom. The van der Waals surface area contributed by atoms with Gasteiger partial charge in [-0.3, -0.25) is 4.79 Å². The Hall–Kier alpha value is -2.67. The van der Waals surface area contributed by atoms with E-state index in [1.54, 1.807) is 34.9 Å². The van der Waals surface area contributed by atoms with Crippen molar-refractivity contribution >= 4 is 5.78 Å². The van der Waals surface area contributed by atoms with Crippen molar-refractivity contribution in [3.05, 3.63) is 107 Å². The van der Waals surface area contributed by atoms with Gasteiger partial charge in [0, 0.05) is 11.0 Å². The van der Waals surface area contributed by atoms with Crippen molar-refractivity contribution in [2.75, 3.05) is 0 Å². The molecule has 1 aliphatic carbocycles. The molecule has 0 fully saturated rings. The van der Waals surface area contributed by atoms with Crippen LogP contribution in [-0.2, 0) is 28.5 Å². The van der Waals surface area contributed by atoms with E-state index in [1.807, 2.05) is 13.8 Å². The number of benzene rings is 2. The van der Waals surface area contributed by atoms with E-state index < -0.39 is 5.41 Å². The first kappa shape index (κ1) is 30.6. The van der Waals surface area contributed by atoms with Gasteiger partial charge in [-0.15, -0.1) is 0 Å². The van der Waals surface area contributed by atoms with E-state index in [-0.39, 0.29) is 5.78 Å². The molecule has 1 aliphatic rings. The second-order valence-corrected chi connectivity index (χ2v) is 12.8. The molecule has 1 heteroatoms. The quantitative estimate of drug-likeness (QED) is 0.261. The predicted molar refractivity (Wildman–Crippen MR) is 163 cm³/mol. The number of aryl methyl sites for hydroxylation is 3. The highest BCUT2D eigenvalue weighted by atomic mass is 16.1. The summed E-state index contributed by atoms with van der Waals surface area (Å²) in [6, 6.07) is 13.3. The first-order chi connectivity index (χ1) is 17.2. The predicted octanol–water partition coefficient (Wildman–Crippen LogP) is 9.73. The number of hydrogen-bond donors (Lipinski definition) is 0. The molecule has 2 aromatic rings. The van der Waals surface area contributed by atoms with Crippen LogP contribution in [0.2, 0.25) is 0 Å². The Morgan fingerprint density at radius 3 is 1.97 bits per heavy atom. The number of Topliss-reactive ketones (excluding diaryl/α,β-unsaturated/α-hetero) is 1. The third-order valence-corrected chi connectivity index (χ3v) is 7.99. The standard InChI is InChI=1S/C18H22O.C18H28/c1-6-8-16(7-2)17(19)18(4,5)13-15-11-9-14(3)10-12-15;1-7-8-14-12-16-15(11-13(14)2)17(3,4)9-10-18(16,5)6/h6-12H,1-2,13H2,3-5H3;11-12H,7-10H2,1-6H3/b16-8+;. The maximum absolute atomic E-state index is 12.5. The van der Waals surface area contributed by atoms with Gasteiger partial charge in [-0.05, 0) is 78.2 Å². The summed E-state index contributed by atoms with van der Waals surface area (Å²) >= 11 is 0. The van der Waals surface area contributed by atoms with Gasteiger partial charge < -0.3 is 0 Å². The molecule has 0 spiro atoms. The van der Waals surface area contributed by atoms with E-state index in [0.717, 1.165) is 0 Å². The van der Waals surface area contributed by atoms with Crippen LogP contribution in [0.25, 0.3) is 0 Å². The molecular weight excluding hydrogens is 448 g/mol. The molecule has 0 unspecified atom stereocenters. The second-order valence-electron chi connectivity index (χ2n) is 12.8. The minimum atomic E-state index is -0.446. The fourth-order valence-corrected chi connectivity index (χ4v) is 5.36. The van der Waals surface area contributed by atoms with Crippen LogP contribution >= 0.6 is 0 Å². The molecule has 0 aromatic heterocycles. The molecule has 1 nitrogen and oxygen atoms in total. The fourth-order valence-electron chi connectivity index (χ4n) is 5.36. The first-order valence-electron chi connectivity index (χ1n) is 13.9. The van der Waals surface area contributed by atoms with Gasteiger partial charge >= 0.3 is 0 Å². The van der Waals surface area contributed by atoms with Crippen molar-refractivity contribution in [1.82, 2.24) is 0 Å². The van der Waals surface area contributed by atoms with Crippen LogP contribution in [-0.4, -0.2) is 5.78 Å². The summed E-state index contributed by atoms with van der Waals surface area (Å²) in [5.41, 5.74) is 9.51. The third kappa shape index (κ3) is 7.67. The zero-order valence-electron chi connectivity index (χ0n) is 25.1. The Morgan fingerprint density at radius 2 is 1.49 bits per heavy atom. The van der Waals surface area contributed by atoms with Gasteiger partial charge in [0.25, 0.3) is 0 Å². The highest BCUT2D eigenvalue weighted by Crippen LogP contribution is 2.46. The topological polar surface area (TPSA) is 17.1 Å². The highest BCUT2D eigenvalue weighted by Gasteiger charge is 2.37. The van der Waals surface area contributed by atoms with Gasteiger partial charge in [-0.25, -0.2) is 0 Å². The molecule has 0 saturated carbocycles. The lowest BCUT2D eigenvalue weighted by atomic mass is 9.62. The van der Waals surface area contributed by atoms with Gasteiger partial charge in [0.2, 0.25) is 0 Å². The molecule has 0 saturated heterocycles. The highest BCUT2D eigenvalue weighted by molar-refractivity contribution is 6.02. The molecule has 3 rings (SSSR count). The lowest BCUT2D eigenvalue weighted by Crippen LogP contribution is -2.34. The van der Waals surface area contributed by atoms with Crippen molar-refractivity contribution in [2.24, 2.45) is 5.41 Å². The smallest absolute Gasteiger partial charge is 0.168 e. The average molecular weight is 499 g/mol. The number of carbonyl (C=O) groups excluding carboxylic acids is 1. The summed E-state index contributed by atoms with van der Waals surface area (Å²) in [6.07, 6.45) is 10.7. The minimum Gasteiger partial charge on any atom is -0.294 e. The summed E-state index contributed by atoms with van der Waals surface area (Å²) in [6.45, 7) is 27.5. The van der Waals surface area contributed by atoms with Gasteiger partial charge in [-0.2, -0.15) is 0 Å². The van der Waals surface area contributed by atoms with E-state index in [0.29, 0.717) is 22.8 Å². The van der Waals surface area contributed by atoms with Crippen LogP contribution < -0.4 is 0 Å². The molecule has 200 valence electrons. The first-order valence-corrected chi connectivity index (χ1v) is 13.9. The van der Waals surface area contributed by atoms with Crippen molar-refractivity contribution in [1.29, 1.82) is 0 Å².